The van der Waals surface area contributed by atoms with Gasteiger partial charge in [0.15, 0.2) is 0 Å². The molecule has 72 valence electrons. The monoisotopic (exact) mass is 202 g/mol. The normalized spacial score (nSPS) is 10.1. The van der Waals surface area contributed by atoms with E-state index in [0.717, 1.165) is 0 Å². The standard InChI is InChI=1S/C7H11BO4S/c1-11-3-4-12-6-2-5-13-7(6)8(9)10/h2,5,9-10H,3-4H2,1H3. The fourth-order valence-electron chi connectivity index (χ4n) is 0.852. The number of ether oxygens (including phenoxy) is 2. The molecule has 1 heterocycles. The third kappa shape index (κ3) is 3.00. The van der Waals surface area contributed by atoms with Gasteiger partial charge < -0.3 is 19.5 Å². The Balaban J connectivity index is 2.50. The fraction of sp³-hybridized carbons (Fsp3) is 0.429. The summed E-state index contributed by atoms with van der Waals surface area (Å²) in [5, 5.41) is 19.6. The van der Waals surface area contributed by atoms with Gasteiger partial charge in [0.1, 0.15) is 12.4 Å². The van der Waals surface area contributed by atoms with E-state index in [0.29, 0.717) is 23.7 Å². The van der Waals surface area contributed by atoms with Crippen molar-refractivity contribution in [2.24, 2.45) is 0 Å². The van der Waals surface area contributed by atoms with Gasteiger partial charge in [-0.15, -0.1) is 11.3 Å². The van der Waals surface area contributed by atoms with Crippen LogP contribution in [0.2, 0.25) is 0 Å². The second-order valence-corrected chi connectivity index (χ2v) is 3.31. The zero-order valence-corrected chi connectivity index (χ0v) is 8.08. The van der Waals surface area contributed by atoms with Crippen LogP contribution in [-0.2, 0) is 4.74 Å². The van der Waals surface area contributed by atoms with E-state index in [1.165, 1.54) is 11.3 Å². The molecule has 0 spiro atoms. The van der Waals surface area contributed by atoms with Gasteiger partial charge in [-0.05, 0) is 11.4 Å². The Bertz CT molecular complexity index is 250. The van der Waals surface area contributed by atoms with Crippen molar-refractivity contribution in [1.29, 1.82) is 0 Å². The van der Waals surface area contributed by atoms with E-state index in [2.05, 4.69) is 0 Å². The van der Waals surface area contributed by atoms with Crippen molar-refractivity contribution in [2.75, 3.05) is 20.3 Å². The summed E-state index contributed by atoms with van der Waals surface area (Å²) in [4.78, 5) is 0. The van der Waals surface area contributed by atoms with E-state index in [4.69, 9.17) is 19.5 Å². The largest absolute Gasteiger partial charge is 0.502 e. The highest BCUT2D eigenvalue weighted by atomic mass is 32.1. The Morgan fingerprint density at radius 2 is 2.23 bits per heavy atom. The summed E-state index contributed by atoms with van der Waals surface area (Å²) in [6.45, 7) is 0.893. The van der Waals surface area contributed by atoms with E-state index in [1.807, 2.05) is 0 Å². The van der Waals surface area contributed by atoms with E-state index in [1.54, 1.807) is 18.6 Å². The van der Waals surface area contributed by atoms with Crippen LogP contribution < -0.4 is 9.51 Å². The molecule has 0 radical (unpaired) electrons. The summed E-state index contributed by atoms with van der Waals surface area (Å²) in [5.74, 6) is 0.511. The SMILES string of the molecule is COCCOc1ccsc1B(O)O. The van der Waals surface area contributed by atoms with Crippen LogP contribution in [0.5, 0.6) is 5.75 Å². The lowest BCUT2D eigenvalue weighted by molar-refractivity contribution is 0.147. The van der Waals surface area contributed by atoms with Crippen molar-refractivity contribution in [1.82, 2.24) is 0 Å². The predicted octanol–water partition coefficient (Wildman–Crippen LogP) is -0.547. The molecule has 0 aromatic carbocycles. The molecule has 1 aromatic heterocycles. The van der Waals surface area contributed by atoms with Crippen LogP contribution in [0, 0.1) is 0 Å². The smallest absolute Gasteiger partial charge is 0.491 e. The number of methoxy groups -OCH3 is 1. The summed E-state index contributed by atoms with van der Waals surface area (Å²) in [5.41, 5.74) is 0. The highest BCUT2D eigenvalue weighted by Gasteiger charge is 2.18. The van der Waals surface area contributed by atoms with Crippen molar-refractivity contribution in [3.63, 3.8) is 0 Å². The van der Waals surface area contributed by atoms with Crippen molar-refractivity contribution in [3.8, 4) is 5.75 Å². The molecule has 2 N–H and O–H groups in total. The Kier molecular flexibility index (Phi) is 4.24. The molecule has 1 rings (SSSR count). The molecule has 0 amide bonds. The van der Waals surface area contributed by atoms with Gasteiger partial charge in [0.25, 0.3) is 0 Å². The summed E-state index contributed by atoms with van der Waals surface area (Å²) < 4.78 is 10.5. The molecule has 0 aliphatic heterocycles. The van der Waals surface area contributed by atoms with Crippen LogP contribution in [0.3, 0.4) is 0 Å². The molecule has 6 heteroatoms. The minimum absolute atomic E-state index is 0.410. The van der Waals surface area contributed by atoms with Gasteiger partial charge in [0.05, 0.1) is 11.4 Å². The first-order valence-corrected chi connectivity index (χ1v) is 4.69. The number of hydrogen-bond donors (Lipinski definition) is 2. The molecule has 0 atom stereocenters. The lowest BCUT2D eigenvalue weighted by Crippen LogP contribution is -2.28. The van der Waals surface area contributed by atoms with Crippen molar-refractivity contribution < 1.29 is 19.5 Å². The van der Waals surface area contributed by atoms with Gasteiger partial charge >= 0.3 is 7.12 Å². The second-order valence-electron chi connectivity index (χ2n) is 2.36. The van der Waals surface area contributed by atoms with Gasteiger partial charge in [-0.2, -0.15) is 0 Å². The molecule has 0 unspecified atom stereocenters. The van der Waals surface area contributed by atoms with Crippen molar-refractivity contribution in [2.45, 2.75) is 0 Å². The molecule has 0 aliphatic rings. The van der Waals surface area contributed by atoms with Crippen LogP contribution in [0.1, 0.15) is 0 Å². The van der Waals surface area contributed by atoms with Crippen LogP contribution in [-0.4, -0.2) is 37.5 Å². The molecule has 1 aromatic rings. The lowest BCUT2D eigenvalue weighted by Gasteiger charge is -2.05. The van der Waals surface area contributed by atoms with Crippen LogP contribution in [0.15, 0.2) is 11.4 Å². The minimum atomic E-state index is -1.46. The topological polar surface area (TPSA) is 58.9 Å². The molecule has 0 saturated carbocycles. The Morgan fingerprint density at radius 1 is 1.46 bits per heavy atom. The molecular weight excluding hydrogens is 191 g/mol. The van der Waals surface area contributed by atoms with Crippen LogP contribution in [0.4, 0.5) is 0 Å². The Morgan fingerprint density at radius 3 is 2.85 bits per heavy atom. The van der Waals surface area contributed by atoms with E-state index in [9.17, 15) is 0 Å². The zero-order chi connectivity index (χ0) is 9.68. The van der Waals surface area contributed by atoms with Gasteiger partial charge in [-0.1, -0.05) is 0 Å². The first-order valence-electron chi connectivity index (χ1n) is 3.81. The minimum Gasteiger partial charge on any atom is -0.491 e. The van der Waals surface area contributed by atoms with Crippen LogP contribution in [0.25, 0.3) is 0 Å². The van der Waals surface area contributed by atoms with Crippen molar-refractivity contribution >= 4 is 23.2 Å². The molecule has 4 nitrogen and oxygen atoms in total. The highest BCUT2D eigenvalue weighted by Crippen LogP contribution is 2.12. The third-order valence-corrected chi connectivity index (χ3v) is 2.37. The number of hydrogen-bond acceptors (Lipinski definition) is 5. The second kappa shape index (κ2) is 5.23. The van der Waals surface area contributed by atoms with Gasteiger partial charge in [0.2, 0.25) is 0 Å². The van der Waals surface area contributed by atoms with Gasteiger partial charge in [0, 0.05) is 7.11 Å². The van der Waals surface area contributed by atoms with Crippen LogP contribution >= 0.6 is 11.3 Å². The molecule has 13 heavy (non-hydrogen) atoms. The molecule has 0 fully saturated rings. The summed E-state index contributed by atoms with van der Waals surface area (Å²) in [6.07, 6.45) is 0. The van der Waals surface area contributed by atoms with Crippen molar-refractivity contribution in [3.05, 3.63) is 11.4 Å². The Hall–Kier alpha value is -0.555. The van der Waals surface area contributed by atoms with Gasteiger partial charge in [-0.25, -0.2) is 0 Å². The molecule has 0 aliphatic carbocycles. The van der Waals surface area contributed by atoms with E-state index < -0.39 is 7.12 Å². The number of rotatable bonds is 5. The summed E-state index contributed by atoms with van der Waals surface area (Å²) >= 11 is 1.25. The first-order chi connectivity index (χ1) is 6.25. The van der Waals surface area contributed by atoms with E-state index in [-0.39, 0.29) is 0 Å². The predicted molar refractivity (Wildman–Crippen MR) is 51.5 cm³/mol. The number of thiophene rings is 1. The maximum atomic E-state index is 8.90. The molecule has 0 saturated heterocycles. The summed E-state index contributed by atoms with van der Waals surface area (Å²) in [6, 6.07) is 1.70. The average molecular weight is 202 g/mol. The average Bonchev–Trinajstić information content (AvgIpc) is 2.53. The molecular formula is C7H11BO4S. The maximum Gasteiger partial charge on any atom is 0.502 e. The fourth-order valence-corrected chi connectivity index (χ4v) is 1.55. The maximum absolute atomic E-state index is 8.90. The molecule has 0 bridgehead atoms. The lowest BCUT2D eigenvalue weighted by atomic mass is 9.89. The summed E-state index contributed by atoms with van der Waals surface area (Å²) in [7, 11) is 0.122. The van der Waals surface area contributed by atoms with Gasteiger partial charge in [-0.3, -0.25) is 0 Å². The van der Waals surface area contributed by atoms with E-state index >= 15 is 0 Å². The first kappa shape index (κ1) is 10.5. The zero-order valence-electron chi connectivity index (χ0n) is 7.27. The third-order valence-electron chi connectivity index (χ3n) is 1.44. The quantitative estimate of drug-likeness (QED) is 0.497. The highest BCUT2D eigenvalue weighted by molar-refractivity contribution is 7.21. The Labute approximate surface area is 80.9 Å².